The Labute approximate surface area is 116 Å². The monoisotopic (exact) mass is 284 g/mol. The number of hydrogen-bond donors (Lipinski definition) is 0. The normalized spacial score (nSPS) is 11.7. The van der Waals surface area contributed by atoms with Crippen LogP contribution in [0.3, 0.4) is 0 Å². The van der Waals surface area contributed by atoms with Crippen molar-refractivity contribution in [3.05, 3.63) is 29.8 Å². The highest BCUT2D eigenvalue weighted by molar-refractivity contribution is 7.91. The van der Waals surface area contributed by atoms with Crippen LogP contribution in [0, 0.1) is 6.92 Å². The first-order valence-electron chi connectivity index (χ1n) is 6.93. The molecule has 3 nitrogen and oxygen atoms in total. The Balaban J connectivity index is 2.29. The quantitative estimate of drug-likeness (QED) is 0.653. The Bertz CT molecular complexity index is 449. The van der Waals surface area contributed by atoms with Crippen molar-refractivity contribution in [1.82, 2.24) is 0 Å². The van der Waals surface area contributed by atoms with E-state index in [0.717, 1.165) is 31.4 Å². The zero-order valence-corrected chi connectivity index (χ0v) is 12.7. The van der Waals surface area contributed by atoms with E-state index in [-0.39, 0.29) is 5.75 Å². The molecule has 4 heteroatoms. The van der Waals surface area contributed by atoms with Gasteiger partial charge < -0.3 is 4.74 Å². The minimum atomic E-state index is -3.13. The standard InChI is InChI=1S/C15H24O3S/c1-3-4-11-18-12-5-6-13-19(16,17)15-9-7-14(2)8-10-15/h7-10H,3-6,11-13H2,1-2H3. The lowest BCUT2D eigenvalue weighted by Crippen LogP contribution is -2.08. The molecule has 0 radical (unpaired) electrons. The van der Waals surface area contributed by atoms with Crippen LogP contribution in [0.15, 0.2) is 29.2 Å². The molecular formula is C15H24O3S. The van der Waals surface area contributed by atoms with Gasteiger partial charge in [-0.1, -0.05) is 31.0 Å². The maximum absolute atomic E-state index is 12.0. The molecule has 1 rings (SSSR count). The Morgan fingerprint density at radius 1 is 1.00 bits per heavy atom. The van der Waals surface area contributed by atoms with Crippen LogP contribution in [0.5, 0.6) is 0 Å². The predicted octanol–water partition coefficient (Wildman–Crippen LogP) is 3.37. The first kappa shape index (κ1) is 16.2. The highest BCUT2D eigenvalue weighted by Gasteiger charge is 2.13. The lowest BCUT2D eigenvalue weighted by molar-refractivity contribution is 0.128. The highest BCUT2D eigenvalue weighted by Crippen LogP contribution is 2.13. The number of hydrogen-bond acceptors (Lipinski definition) is 3. The first-order valence-corrected chi connectivity index (χ1v) is 8.58. The van der Waals surface area contributed by atoms with Gasteiger partial charge in [0.25, 0.3) is 0 Å². The summed E-state index contributed by atoms with van der Waals surface area (Å²) in [5.74, 6) is 0.202. The molecule has 108 valence electrons. The summed E-state index contributed by atoms with van der Waals surface area (Å²) in [6.07, 6.45) is 3.65. The van der Waals surface area contributed by atoms with Crippen molar-refractivity contribution >= 4 is 9.84 Å². The van der Waals surface area contributed by atoms with Crippen LogP contribution in [-0.4, -0.2) is 27.4 Å². The van der Waals surface area contributed by atoms with Crippen LogP contribution >= 0.6 is 0 Å². The molecule has 0 aliphatic heterocycles. The van der Waals surface area contributed by atoms with Gasteiger partial charge in [0.1, 0.15) is 0 Å². The van der Waals surface area contributed by atoms with Gasteiger partial charge in [-0.25, -0.2) is 8.42 Å². The summed E-state index contributed by atoms with van der Waals surface area (Å²) < 4.78 is 29.5. The molecular weight excluding hydrogens is 260 g/mol. The fourth-order valence-electron chi connectivity index (χ4n) is 1.71. The second-order valence-electron chi connectivity index (χ2n) is 4.80. The molecule has 0 heterocycles. The van der Waals surface area contributed by atoms with Crippen molar-refractivity contribution in [1.29, 1.82) is 0 Å². The third kappa shape index (κ3) is 6.21. The maximum Gasteiger partial charge on any atom is 0.178 e. The first-order chi connectivity index (χ1) is 9.06. The number of benzene rings is 1. The summed E-state index contributed by atoms with van der Waals surface area (Å²) in [5.41, 5.74) is 1.07. The SMILES string of the molecule is CCCCOCCCCS(=O)(=O)c1ccc(C)cc1. The average Bonchev–Trinajstić information content (AvgIpc) is 2.38. The van der Waals surface area contributed by atoms with Crippen LogP contribution in [0.2, 0.25) is 0 Å². The number of sulfone groups is 1. The van der Waals surface area contributed by atoms with Gasteiger partial charge in [0.2, 0.25) is 0 Å². The molecule has 0 aromatic heterocycles. The molecule has 0 unspecified atom stereocenters. The fourth-order valence-corrected chi connectivity index (χ4v) is 3.08. The van der Waals surface area contributed by atoms with Crippen molar-refractivity contribution in [2.45, 2.75) is 44.4 Å². The second-order valence-corrected chi connectivity index (χ2v) is 6.91. The minimum absolute atomic E-state index is 0.202. The summed E-state index contributed by atoms with van der Waals surface area (Å²) in [4.78, 5) is 0.421. The number of unbranched alkanes of at least 4 members (excludes halogenated alkanes) is 2. The molecule has 1 aromatic carbocycles. The topological polar surface area (TPSA) is 43.4 Å². The Hall–Kier alpha value is -0.870. The summed E-state index contributed by atoms with van der Waals surface area (Å²) >= 11 is 0. The van der Waals surface area contributed by atoms with Gasteiger partial charge in [0.15, 0.2) is 9.84 Å². The van der Waals surface area contributed by atoms with Gasteiger partial charge in [-0.2, -0.15) is 0 Å². The maximum atomic E-state index is 12.0. The molecule has 0 aliphatic carbocycles. The largest absolute Gasteiger partial charge is 0.381 e. The van der Waals surface area contributed by atoms with Gasteiger partial charge in [0.05, 0.1) is 10.6 Å². The molecule has 19 heavy (non-hydrogen) atoms. The molecule has 0 bridgehead atoms. The summed E-state index contributed by atoms with van der Waals surface area (Å²) in [6.45, 7) is 5.51. The Kier molecular flexibility index (Phi) is 7.10. The van der Waals surface area contributed by atoms with E-state index in [1.165, 1.54) is 0 Å². The summed E-state index contributed by atoms with van der Waals surface area (Å²) in [6, 6.07) is 7.03. The van der Waals surface area contributed by atoms with Crippen molar-refractivity contribution in [2.24, 2.45) is 0 Å². The van der Waals surface area contributed by atoms with Crippen LogP contribution < -0.4 is 0 Å². The smallest absolute Gasteiger partial charge is 0.178 e. The third-order valence-electron chi connectivity index (χ3n) is 2.97. The Morgan fingerprint density at radius 3 is 2.26 bits per heavy atom. The van der Waals surface area contributed by atoms with E-state index in [9.17, 15) is 8.42 Å². The molecule has 0 fully saturated rings. The summed E-state index contributed by atoms with van der Waals surface area (Å²) in [5, 5.41) is 0. The molecule has 0 aliphatic rings. The molecule has 0 saturated heterocycles. The summed E-state index contributed by atoms with van der Waals surface area (Å²) in [7, 11) is -3.13. The van der Waals surface area contributed by atoms with E-state index in [1.54, 1.807) is 12.1 Å². The molecule has 0 atom stereocenters. The van der Waals surface area contributed by atoms with Crippen LogP contribution in [0.1, 0.15) is 38.2 Å². The molecule has 1 aromatic rings. The van der Waals surface area contributed by atoms with Gasteiger partial charge in [0, 0.05) is 13.2 Å². The third-order valence-corrected chi connectivity index (χ3v) is 4.79. The van der Waals surface area contributed by atoms with Gasteiger partial charge in [-0.15, -0.1) is 0 Å². The van der Waals surface area contributed by atoms with Crippen molar-refractivity contribution in [3.63, 3.8) is 0 Å². The average molecular weight is 284 g/mol. The fraction of sp³-hybridized carbons (Fsp3) is 0.600. The highest BCUT2D eigenvalue weighted by atomic mass is 32.2. The van der Waals surface area contributed by atoms with E-state index < -0.39 is 9.84 Å². The number of ether oxygens (including phenoxy) is 1. The van der Waals surface area contributed by atoms with Crippen LogP contribution in [-0.2, 0) is 14.6 Å². The lowest BCUT2D eigenvalue weighted by atomic mass is 10.2. The molecule has 0 amide bonds. The van der Waals surface area contributed by atoms with Gasteiger partial charge in [-0.05, 0) is 38.3 Å². The van der Waals surface area contributed by atoms with Crippen molar-refractivity contribution in [2.75, 3.05) is 19.0 Å². The van der Waals surface area contributed by atoms with E-state index >= 15 is 0 Å². The lowest BCUT2D eigenvalue weighted by Gasteiger charge is -2.05. The van der Waals surface area contributed by atoms with Crippen LogP contribution in [0.25, 0.3) is 0 Å². The van der Waals surface area contributed by atoms with Gasteiger partial charge in [-0.3, -0.25) is 0 Å². The van der Waals surface area contributed by atoms with E-state index in [2.05, 4.69) is 6.92 Å². The van der Waals surface area contributed by atoms with Crippen molar-refractivity contribution < 1.29 is 13.2 Å². The zero-order valence-electron chi connectivity index (χ0n) is 11.9. The van der Waals surface area contributed by atoms with Crippen LogP contribution in [0.4, 0.5) is 0 Å². The van der Waals surface area contributed by atoms with E-state index in [1.807, 2.05) is 19.1 Å². The van der Waals surface area contributed by atoms with E-state index in [4.69, 9.17) is 4.74 Å². The second kappa shape index (κ2) is 8.33. The van der Waals surface area contributed by atoms with E-state index in [0.29, 0.717) is 17.9 Å². The van der Waals surface area contributed by atoms with Gasteiger partial charge >= 0.3 is 0 Å². The molecule has 0 saturated carbocycles. The molecule has 0 N–H and O–H groups in total. The Morgan fingerprint density at radius 2 is 1.63 bits per heavy atom. The predicted molar refractivity (Wildman–Crippen MR) is 78.2 cm³/mol. The van der Waals surface area contributed by atoms with Crippen molar-refractivity contribution in [3.8, 4) is 0 Å². The zero-order chi connectivity index (χ0) is 14.1. The molecule has 0 spiro atoms. The number of aryl methyl sites for hydroxylation is 1. The minimum Gasteiger partial charge on any atom is -0.381 e. The number of rotatable bonds is 9.